The molecule has 0 aliphatic rings. The van der Waals surface area contributed by atoms with Gasteiger partial charge in [0.25, 0.3) is 0 Å². The molecule has 0 spiro atoms. The molecule has 0 bridgehead atoms. The van der Waals surface area contributed by atoms with Crippen LogP contribution >= 0.6 is 15.9 Å². The molecule has 0 saturated heterocycles. The third-order valence-corrected chi connectivity index (χ3v) is 4.71. The van der Waals surface area contributed by atoms with Crippen LogP contribution in [-0.4, -0.2) is 20.1 Å². The molecule has 0 aliphatic heterocycles. The van der Waals surface area contributed by atoms with Crippen molar-refractivity contribution in [2.75, 3.05) is 5.75 Å². The van der Waals surface area contributed by atoms with Crippen molar-refractivity contribution in [3.8, 4) is 0 Å². The predicted octanol–water partition coefficient (Wildman–Crippen LogP) is 1.41. The van der Waals surface area contributed by atoms with Gasteiger partial charge >= 0.3 is 0 Å². The number of hydrogen-bond acceptors (Lipinski definition) is 3. The van der Waals surface area contributed by atoms with E-state index in [-0.39, 0.29) is 17.1 Å². The summed E-state index contributed by atoms with van der Waals surface area (Å²) in [6.45, 7) is 1.80. The Labute approximate surface area is 103 Å². The van der Waals surface area contributed by atoms with E-state index in [2.05, 4.69) is 15.9 Å². The van der Waals surface area contributed by atoms with E-state index in [1.165, 1.54) is 6.07 Å². The number of benzene rings is 1. The van der Waals surface area contributed by atoms with Gasteiger partial charge in [0.2, 0.25) is 5.91 Å². The largest absolute Gasteiger partial charge is 0.370 e. The molecular formula is C10H12BrNO3S. The van der Waals surface area contributed by atoms with Gasteiger partial charge in [-0.1, -0.05) is 15.9 Å². The average Bonchev–Trinajstić information content (AvgIpc) is 2.19. The summed E-state index contributed by atoms with van der Waals surface area (Å²) in [4.78, 5) is 10.8. The first kappa shape index (κ1) is 13.2. The smallest absolute Gasteiger partial charge is 0.218 e. The van der Waals surface area contributed by atoms with E-state index in [1.807, 2.05) is 0 Å². The molecule has 1 aromatic carbocycles. The maximum absolute atomic E-state index is 11.8. The highest BCUT2D eigenvalue weighted by Gasteiger charge is 2.16. The maximum Gasteiger partial charge on any atom is 0.218 e. The number of rotatable bonds is 4. The summed E-state index contributed by atoms with van der Waals surface area (Å²) in [6.07, 6.45) is -0.155. The van der Waals surface area contributed by atoms with Crippen LogP contribution in [-0.2, 0) is 14.6 Å². The fourth-order valence-corrected chi connectivity index (χ4v) is 2.75. The van der Waals surface area contributed by atoms with Crippen LogP contribution in [0.15, 0.2) is 27.6 Å². The Hall–Kier alpha value is -0.880. The first-order chi connectivity index (χ1) is 7.33. The zero-order chi connectivity index (χ0) is 12.3. The van der Waals surface area contributed by atoms with E-state index in [0.717, 1.165) is 10.0 Å². The van der Waals surface area contributed by atoms with Crippen LogP contribution in [0.4, 0.5) is 0 Å². The van der Waals surface area contributed by atoms with Gasteiger partial charge in [-0.2, -0.15) is 0 Å². The molecule has 0 radical (unpaired) electrons. The van der Waals surface area contributed by atoms with Crippen LogP contribution in [0.3, 0.4) is 0 Å². The van der Waals surface area contributed by atoms with Crippen molar-refractivity contribution in [1.29, 1.82) is 0 Å². The molecule has 0 saturated carbocycles. The van der Waals surface area contributed by atoms with Crippen molar-refractivity contribution >= 4 is 31.7 Å². The maximum atomic E-state index is 11.8. The summed E-state index contributed by atoms with van der Waals surface area (Å²) in [5, 5.41) is 0. The number of primary amides is 1. The molecule has 0 unspecified atom stereocenters. The van der Waals surface area contributed by atoms with Gasteiger partial charge in [-0.25, -0.2) is 8.42 Å². The Morgan fingerprint density at radius 1 is 1.44 bits per heavy atom. The molecule has 16 heavy (non-hydrogen) atoms. The minimum Gasteiger partial charge on any atom is -0.370 e. The minimum atomic E-state index is -3.42. The first-order valence-electron chi connectivity index (χ1n) is 4.60. The topological polar surface area (TPSA) is 77.2 Å². The highest BCUT2D eigenvalue weighted by molar-refractivity contribution is 9.10. The van der Waals surface area contributed by atoms with Gasteiger partial charge in [-0.3, -0.25) is 4.79 Å². The SMILES string of the molecule is Cc1cc(S(=O)(=O)CCC(N)=O)ccc1Br. The fraction of sp³-hybridized carbons (Fsp3) is 0.300. The summed E-state index contributed by atoms with van der Waals surface area (Å²) in [5.74, 6) is -0.860. The zero-order valence-corrected chi connectivity index (χ0v) is 11.1. The van der Waals surface area contributed by atoms with Gasteiger partial charge in [0.05, 0.1) is 10.6 Å². The standard InChI is InChI=1S/C10H12BrNO3S/c1-7-6-8(2-3-9(7)11)16(14,15)5-4-10(12)13/h2-3,6H,4-5H2,1H3,(H2,12,13). The normalized spacial score (nSPS) is 11.4. The number of carbonyl (C=O) groups is 1. The molecule has 0 aliphatic carbocycles. The van der Waals surface area contributed by atoms with Crippen LogP contribution in [0.5, 0.6) is 0 Å². The van der Waals surface area contributed by atoms with Crippen LogP contribution in [0.2, 0.25) is 0 Å². The Morgan fingerprint density at radius 3 is 2.56 bits per heavy atom. The number of carbonyl (C=O) groups excluding carboxylic acids is 1. The lowest BCUT2D eigenvalue weighted by molar-refractivity contribution is -0.117. The van der Waals surface area contributed by atoms with Crippen molar-refractivity contribution in [3.63, 3.8) is 0 Å². The second kappa shape index (κ2) is 4.97. The summed E-state index contributed by atoms with van der Waals surface area (Å²) in [7, 11) is -3.42. The van der Waals surface area contributed by atoms with Crippen LogP contribution in [0, 0.1) is 6.92 Å². The number of hydrogen-bond donors (Lipinski definition) is 1. The van der Waals surface area contributed by atoms with Crippen molar-refractivity contribution in [2.45, 2.75) is 18.2 Å². The van der Waals surface area contributed by atoms with Crippen LogP contribution in [0.25, 0.3) is 0 Å². The molecule has 0 atom stereocenters. The van der Waals surface area contributed by atoms with Crippen LogP contribution < -0.4 is 5.73 Å². The summed E-state index contributed by atoms with van der Waals surface area (Å²) in [5.41, 5.74) is 5.75. The van der Waals surface area contributed by atoms with Gasteiger partial charge in [-0.05, 0) is 30.7 Å². The summed E-state index contributed by atoms with van der Waals surface area (Å²) < 4.78 is 24.4. The Kier molecular flexibility index (Phi) is 4.09. The van der Waals surface area contributed by atoms with Gasteiger partial charge in [-0.15, -0.1) is 0 Å². The molecule has 0 aromatic heterocycles. The fourth-order valence-electron chi connectivity index (χ4n) is 1.16. The number of aryl methyl sites for hydroxylation is 1. The van der Waals surface area contributed by atoms with E-state index in [0.29, 0.717) is 0 Å². The second-order valence-corrected chi connectivity index (χ2v) is 6.41. The average molecular weight is 306 g/mol. The molecule has 88 valence electrons. The third kappa shape index (κ3) is 3.31. The minimum absolute atomic E-state index is 0.155. The lowest BCUT2D eigenvalue weighted by Crippen LogP contribution is -2.17. The molecule has 2 N–H and O–H groups in total. The highest BCUT2D eigenvalue weighted by atomic mass is 79.9. The van der Waals surface area contributed by atoms with Gasteiger partial charge in [0, 0.05) is 10.9 Å². The lowest BCUT2D eigenvalue weighted by Gasteiger charge is -2.05. The van der Waals surface area contributed by atoms with Crippen molar-refractivity contribution < 1.29 is 13.2 Å². The summed E-state index contributed by atoms with van der Waals surface area (Å²) in [6, 6.07) is 4.75. The molecule has 1 rings (SSSR count). The molecule has 4 nitrogen and oxygen atoms in total. The number of amides is 1. The van der Waals surface area contributed by atoms with Crippen LogP contribution in [0.1, 0.15) is 12.0 Å². The number of halogens is 1. The van der Waals surface area contributed by atoms with Gasteiger partial charge in [0.15, 0.2) is 9.84 Å². The second-order valence-electron chi connectivity index (χ2n) is 3.45. The van der Waals surface area contributed by atoms with E-state index in [1.54, 1.807) is 19.1 Å². The highest BCUT2D eigenvalue weighted by Crippen LogP contribution is 2.21. The van der Waals surface area contributed by atoms with E-state index < -0.39 is 15.7 Å². The molecule has 0 heterocycles. The lowest BCUT2D eigenvalue weighted by atomic mass is 10.2. The summed E-state index contributed by atoms with van der Waals surface area (Å²) >= 11 is 3.29. The van der Waals surface area contributed by atoms with Gasteiger partial charge in [0.1, 0.15) is 0 Å². The first-order valence-corrected chi connectivity index (χ1v) is 7.04. The molecular weight excluding hydrogens is 294 g/mol. The van der Waals surface area contributed by atoms with Crippen molar-refractivity contribution in [3.05, 3.63) is 28.2 Å². The Bertz CT molecular complexity index is 511. The Morgan fingerprint density at radius 2 is 2.06 bits per heavy atom. The number of nitrogens with two attached hydrogens (primary N) is 1. The van der Waals surface area contributed by atoms with E-state index in [9.17, 15) is 13.2 Å². The monoisotopic (exact) mass is 305 g/mol. The third-order valence-electron chi connectivity index (χ3n) is 2.11. The zero-order valence-electron chi connectivity index (χ0n) is 8.73. The predicted molar refractivity (Wildman–Crippen MR) is 64.7 cm³/mol. The number of sulfone groups is 1. The van der Waals surface area contributed by atoms with Crippen molar-refractivity contribution in [1.82, 2.24) is 0 Å². The Balaban J connectivity index is 2.99. The van der Waals surface area contributed by atoms with E-state index in [4.69, 9.17) is 5.73 Å². The van der Waals surface area contributed by atoms with Gasteiger partial charge < -0.3 is 5.73 Å². The van der Waals surface area contributed by atoms with Crippen molar-refractivity contribution in [2.24, 2.45) is 5.73 Å². The molecule has 6 heteroatoms. The van der Waals surface area contributed by atoms with E-state index >= 15 is 0 Å². The molecule has 1 amide bonds. The quantitative estimate of drug-likeness (QED) is 0.913. The molecule has 0 fully saturated rings. The molecule has 1 aromatic rings.